The monoisotopic (exact) mass is 201 g/mol. The third kappa shape index (κ3) is 1.58. The minimum atomic E-state index is -0.319. The number of hydrogen-bond acceptors (Lipinski definition) is 4. The molecule has 0 unspecified atom stereocenters. The molecule has 0 aromatic rings. The number of carbonyl (C=O) groups is 2. The van der Waals surface area contributed by atoms with Gasteiger partial charge in [0, 0.05) is 6.04 Å². The molecule has 1 heterocycles. The van der Waals surface area contributed by atoms with Crippen LogP contribution in [0.1, 0.15) is 12.8 Å². The molecule has 0 aromatic carbocycles. The van der Waals surface area contributed by atoms with Crippen molar-refractivity contribution in [2.24, 2.45) is 0 Å². The van der Waals surface area contributed by atoms with Gasteiger partial charge in [0.1, 0.15) is 0 Å². The molecule has 0 bridgehead atoms. The standard InChI is InChI=1S/C8H11NO3S/c10-6-1-5(2-6)9-7(11)3-13-4-8(9)12/h5-6,10H,1-4H2. The van der Waals surface area contributed by atoms with E-state index in [1.807, 2.05) is 0 Å². The molecule has 1 saturated carbocycles. The predicted molar refractivity (Wildman–Crippen MR) is 48.2 cm³/mol. The third-order valence-electron chi connectivity index (χ3n) is 2.44. The SMILES string of the molecule is O=C1CSCC(=O)N1C1CC(O)C1. The highest BCUT2D eigenvalue weighted by molar-refractivity contribution is 8.00. The van der Waals surface area contributed by atoms with Gasteiger partial charge in [-0.2, -0.15) is 0 Å². The fourth-order valence-corrected chi connectivity index (χ4v) is 2.41. The first-order chi connectivity index (χ1) is 6.18. The largest absolute Gasteiger partial charge is 0.393 e. The van der Waals surface area contributed by atoms with Crippen LogP contribution >= 0.6 is 11.8 Å². The number of hydrogen-bond donors (Lipinski definition) is 1. The topological polar surface area (TPSA) is 57.6 Å². The molecular weight excluding hydrogens is 190 g/mol. The van der Waals surface area contributed by atoms with Crippen molar-refractivity contribution in [3.63, 3.8) is 0 Å². The zero-order chi connectivity index (χ0) is 9.42. The molecule has 4 nitrogen and oxygen atoms in total. The number of thioether (sulfide) groups is 1. The molecule has 0 radical (unpaired) electrons. The van der Waals surface area contributed by atoms with Gasteiger partial charge in [0.15, 0.2) is 0 Å². The summed E-state index contributed by atoms with van der Waals surface area (Å²) in [6, 6.07) is -0.0316. The minimum absolute atomic E-state index is 0.0316. The molecule has 2 rings (SSSR count). The van der Waals surface area contributed by atoms with E-state index in [4.69, 9.17) is 5.11 Å². The molecule has 1 aliphatic carbocycles. The highest BCUT2D eigenvalue weighted by atomic mass is 32.2. The van der Waals surface area contributed by atoms with Crippen molar-refractivity contribution >= 4 is 23.6 Å². The van der Waals surface area contributed by atoms with E-state index in [1.54, 1.807) is 0 Å². The molecule has 5 heteroatoms. The van der Waals surface area contributed by atoms with Crippen molar-refractivity contribution in [1.29, 1.82) is 0 Å². The van der Waals surface area contributed by atoms with Gasteiger partial charge >= 0.3 is 0 Å². The fraction of sp³-hybridized carbons (Fsp3) is 0.750. The van der Waals surface area contributed by atoms with E-state index in [-0.39, 0.29) is 24.0 Å². The molecule has 13 heavy (non-hydrogen) atoms. The predicted octanol–water partition coefficient (Wildman–Crippen LogP) is -0.388. The zero-order valence-electron chi connectivity index (χ0n) is 7.10. The Morgan fingerprint density at radius 3 is 2.23 bits per heavy atom. The number of aliphatic hydroxyl groups excluding tert-OH is 1. The molecule has 2 amide bonds. The summed E-state index contributed by atoms with van der Waals surface area (Å²) in [5, 5.41) is 9.07. The normalized spacial score (nSPS) is 34.7. The molecule has 0 spiro atoms. The van der Waals surface area contributed by atoms with Gasteiger partial charge in [-0.1, -0.05) is 0 Å². The third-order valence-corrected chi connectivity index (χ3v) is 3.34. The summed E-state index contributed by atoms with van der Waals surface area (Å²) >= 11 is 1.36. The number of carbonyl (C=O) groups excluding carboxylic acids is 2. The number of rotatable bonds is 1. The smallest absolute Gasteiger partial charge is 0.239 e. The van der Waals surface area contributed by atoms with Crippen molar-refractivity contribution in [3.8, 4) is 0 Å². The Balaban J connectivity index is 2.02. The van der Waals surface area contributed by atoms with Gasteiger partial charge in [0.25, 0.3) is 0 Å². The lowest BCUT2D eigenvalue weighted by Gasteiger charge is -2.40. The van der Waals surface area contributed by atoms with Crippen molar-refractivity contribution in [3.05, 3.63) is 0 Å². The van der Waals surface area contributed by atoms with Gasteiger partial charge in [0.2, 0.25) is 11.8 Å². The van der Waals surface area contributed by atoms with E-state index in [2.05, 4.69) is 0 Å². The van der Waals surface area contributed by atoms with Crippen LogP contribution in [0.5, 0.6) is 0 Å². The Morgan fingerprint density at radius 1 is 1.23 bits per heavy atom. The molecule has 2 fully saturated rings. The summed E-state index contributed by atoms with van der Waals surface area (Å²) in [6.07, 6.45) is 0.796. The molecule has 72 valence electrons. The van der Waals surface area contributed by atoms with Crippen molar-refractivity contribution in [2.45, 2.75) is 25.0 Å². The lowest BCUT2D eigenvalue weighted by molar-refractivity contribution is -0.149. The Bertz CT molecular complexity index is 234. The van der Waals surface area contributed by atoms with Crippen LogP contribution < -0.4 is 0 Å². The second kappa shape index (κ2) is 3.31. The molecule has 0 aromatic heterocycles. The van der Waals surface area contributed by atoms with Gasteiger partial charge in [-0.25, -0.2) is 0 Å². The summed E-state index contributed by atoms with van der Waals surface area (Å²) in [6.45, 7) is 0. The van der Waals surface area contributed by atoms with E-state index in [1.165, 1.54) is 16.7 Å². The van der Waals surface area contributed by atoms with Crippen LogP contribution in [0.4, 0.5) is 0 Å². The molecule has 2 aliphatic rings. The van der Waals surface area contributed by atoms with Gasteiger partial charge in [-0.3, -0.25) is 14.5 Å². The highest BCUT2D eigenvalue weighted by Crippen LogP contribution is 2.28. The van der Waals surface area contributed by atoms with Crippen LogP contribution in [0.25, 0.3) is 0 Å². The first-order valence-electron chi connectivity index (χ1n) is 4.29. The van der Waals surface area contributed by atoms with E-state index in [9.17, 15) is 9.59 Å². The lowest BCUT2D eigenvalue weighted by atomic mass is 9.88. The summed E-state index contributed by atoms with van der Waals surface area (Å²) in [5.74, 6) is 0.604. The van der Waals surface area contributed by atoms with Gasteiger partial charge < -0.3 is 5.11 Å². The van der Waals surface area contributed by atoms with E-state index in [0.29, 0.717) is 24.3 Å². The maximum Gasteiger partial charge on any atom is 0.239 e. The van der Waals surface area contributed by atoms with E-state index < -0.39 is 0 Å². The van der Waals surface area contributed by atoms with E-state index >= 15 is 0 Å². The van der Waals surface area contributed by atoms with Crippen LogP contribution in [0.3, 0.4) is 0 Å². The second-order valence-corrected chi connectivity index (χ2v) is 4.41. The number of aliphatic hydroxyl groups is 1. The van der Waals surface area contributed by atoms with Crippen LogP contribution in [-0.4, -0.2) is 45.5 Å². The van der Waals surface area contributed by atoms with E-state index in [0.717, 1.165) is 0 Å². The Morgan fingerprint density at radius 2 is 1.77 bits per heavy atom. The molecule has 0 atom stereocenters. The van der Waals surface area contributed by atoms with Crippen molar-refractivity contribution in [1.82, 2.24) is 4.90 Å². The number of nitrogens with zero attached hydrogens (tertiary/aromatic N) is 1. The highest BCUT2D eigenvalue weighted by Gasteiger charge is 2.39. The van der Waals surface area contributed by atoms with Gasteiger partial charge in [0.05, 0.1) is 17.6 Å². The average Bonchev–Trinajstić information content (AvgIpc) is 2.00. The van der Waals surface area contributed by atoms with Crippen LogP contribution in [0.15, 0.2) is 0 Å². The van der Waals surface area contributed by atoms with Crippen LogP contribution in [0, 0.1) is 0 Å². The molecule has 1 aliphatic heterocycles. The minimum Gasteiger partial charge on any atom is -0.393 e. The maximum atomic E-state index is 11.3. The second-order valence-electron chi connectivity index (χ2n) is 3.43. The molecule has 1 N–H and O–H groups in total. The molecule has 1 saturated heterocycles. The van der Waals surface area contributed by atoms with Gasteiger partial charge in [-0.15, -0.1) is 11.8 Å². The summed E-state index contributed by atoms with van der Waals surface area (Å²) in [7, 11) is 0. The lowest BCUT2D eigenvalue weighted by Crippen LogP contribution is -2.55. The summed E-state index contributed by atoms with van der Waals surface area (Å²) in [4.78, 5) is 24.0. The van der Waals surface area contributed by atoms with Crippen LogP contribution in [-0.2, 0) is 9.59 Å². The quantitative estimate of drug-likeness (QED) is 0.587. The number of imide groups is 1. The first-order valence-corrected chi connectivity index (χ1v) is 5.44. The van der Waals surface area contributed by atoms with Gasteiger partial charge in [-0.05, 0) is 12.8 Å². The summed E-state index contributed by atoms with van der Waals surface area (Å²) in [5.41, 5.74) is 0. The van der Waals surface area contributed by atoms with Crippen LogP contribution in [0.2, 0.25) is 0 Å². The molecular formula is C8H11NO3S. The Labute approximate surface area is 80.3 Å². The maximum absolute atomic E-state index is 11.3. The number of amides is 2. The Hall–Kier alpha value is -0.550. The van der Waals surface area contributed by atoms with Crippen molar-refractivity contribution < 1.29 is 14.7 Å². The Kier molecular flexibility index (Phi) is 2.29. The average molecular weight is 201 g/mol. The first kappa shape index (κ1) is 9.02. The zero-order valence-corrected chi connectivity index (χ0v) is 7.92. The fourth-order valence-electron chi connectivity index (χ4n) is 1.68. The summed E-state index contributed by atoms with van der Waals surface area (Å²) < 4.78 is 0. The van der Waals surface area contributed by atoms with Crippen molar-refractivity contribution in [2.75, 3.05) is 11.5 Å².